The third-order valence-corrected chi connectivity index (χ3v) is 6.61. The highest BCUT2D eigenvalue weighted by Gasteiger charge is 2.55. The van der Waals surface area contributed by atoms with E-state index in [1.165, 1.54) is 11.1 Å². The molecular weight excluding hydrogens is 288 g/mol. The fourth-order valence-corrected chi connectivity index (χ4v) is 5.24. The molecule has 0 saturated heterocycles. The molecule has 1 saturated carbocycles. The summed E-state index contributed by atoms with van der Waals surface area (Å²) in [6, 6.07) is 4.09. The molecule has 0 spiro atoms. The van der Waals surface area contributed by atoms with Crippen molar-refractivity contribution in [1.82, 2.24) is 0 Å². The Labute approximate surface area is 138 Å². The minimum absolute atomic E-state index is 0.137. The van der Waals surface area contributed by atoms with E-state index in [4.69, 9.17) is 0 Å². The number of phenolic OH excluding ortho intramolecular Hbond substituents is 1. The Hall–Kier alpha value is -1.51. The zero-order valence-corrected chi connectivity index (χ0v) is 14.6. The Morgan fingerprint density at radius 2 is 1.96 bits per heavy atom. The molecule has 0 unspecified atom stereocenters. The van der Waals surface area contributed by atoms with Crippen LogP contribution in [0.1, 0.15) is 76.0 Å². The molecule has 1 aromatic rings. The predicted molar refractivity (Wildman–Crippen MR) is 91.0 cm³/mol. The highest BCUT2D eigenvalue weighted by Crippen LogP contribution is 2.58. The van der Waals surface area contributed by atoms with E-state index in [9.17, 15) is 15.0 Å². The molecular formula is C20H28O3. The summed E-state index contributed by atoms with van der Waals surface area (Å²) in [6.45, 7) is 8.32. The third kappa shape index (κ3) is 2.28. The lowest BCUT2D eigenvalue weighted by Gasteiger charge is -2.53. The van der Waals surface area contributed by atoms with Crippen molar-refractivity contribution in [2.75, 3.05) is 0 Å². The lowest BCUT2D eigenvalue weighted by Crippen LogP contribution is -2.52. The Kier molecular flexibility index (Phi) is 3.74. The summed E-state index contributed by atoms with van der Waals surface area (Å²) in [5.74, 6) is 0.127. The summed E-state index contributed by atoms with van der Waals surface area (Å²) in [5, 5.41) is 20.3. The van der Waals surface area contributed by atoms with Gasteiger partial charge in [-0.1, -0.05) is 33.3 Å². The van der Waals surface area contributed by atoms with Crippen LogP contribution in [0.5, 0.6) is 5.75 Å². The third-order valence-electron chi connectivity index (χ3n) is 6.61. The standard InChI is InChI=1S/C20H28O3/c1-12(2)14-10-13-6-7-17-19(3,15(13)11-16(14)21)8-5-9-20(17,4)18(22)23/h10-12,17,21H,5-9H2,1-4H3,(H,22,23)/t17-,19-,20+/m1/s1. The molecule has 1 aromatic carbocycles. The van der Waals surface area contributed by atoms with Crippen LogP contribution in [-0.4, -0.2) is 16.2 Å². The van der Waals surface area contributed by atoms with E-state index >= 15 is 0 Å². The summed E-state index contributed by atoms with van der Waals surface area (Å²) < 4.78 is 0. The molecule has 1 fully saturated rings. The first-order valence-electron chi connectivity index (χ1n) is 8.80. The molecule has 0 heterocycles. The minimum Gasteiger partial charge on any atom is -0.508 e. The van der Waals surface area contributed by atoms with E-state index in [0.29, 0.717) is 11.7 Å². The van der Waals surface area contributed by atoms with Crippen molar-refractivity contribution in [1.29, 1.82) is 0 Å². The minimum atomic E-state index is -0.667. The van der Waals surface area contributed by atoms with E-state index in [1.54, 1.807) is 0 Å². The molecule has 3 nitrogen and oxygen atoms in total. The van der Waals surface area contributed by atoms with Crippen LogP contribution in [0.15, 0.2) is 12.1 Å². The fraction of sp³-hybridized carbons (Fsp3) is 0.650. The van der Waals surface area contributed by atoms with Gasteiger partial charge in [0.15, 0.2) is 0 Å². The summed E-state index contributed by atoms with van der Waals surface area (Å²) in [7, 11) is 0. The number of aliphatic carboxylic acids is 1. The van der Waals surface area contributed by atoms with Crippen LogP contribution in [0.4, 0.5) is 0 Å². The van der Waals surface area contributed by atoms with Crippen molar-refractivity contribution >= 4 is 5.97 Å². The van der Waals surface area contributed by atoms with Crippen molar-refractivity contribution in [2.24, 2.45) is 11.3 Å². The van der Waals surface area contributed by atoms with Gasteiger partial charge in [-0.3, -0.25) is 4.79 Å². The number of hydrogen-bond donors (Lipinski definition) is 2. The molecule has 126 valence electrons. The van der Waals surface area contributed by atoms with Crippen molar-refractivity contribution in [2.45, 2.75) is 71.1 Å². The molecule has 3 heteroatoms. The first-order chi connectivity index (χ1) is 10.7. The zero-order valence-electron chi connectivity index (χ0n) is 14.6. The van der Waals surface area contributed by atoms with Gasteiger partial charge in [-0.15, -0.1) is 0 Å². The second kappa shape index (κ2) is 5.25. The molecule has 0 bridgehead atoms. The van der Waals surface area contributed by atoms with E-state index in [-0.39, 0.29) is 11.3 Å². The van der Waals surface area contributed by atoms with E-state index in [2.05, 4.69) is 26.8 Å². The fourth-order valence-electron chi connectivity index (χ4n) is 5.24. The van der Waals surface area contributed by atoms with E-state index < -0.39 is 11.4 Å². The SMILES string of the molecule is CC(C)c1cc2c(cc1O)[C@@]1(C)CCC[C@](C)(C(=O)O)[C@@H]1CC2. The number of carbonyl (C=O) groups is 1. The average Bonchev–Trinajstić information content (AvgIpc) is 2.46. The topological polar surface area (TPSA) is 57.5 Å². The van der Waals surface area contributed by atoms with Gasteiger partial charge < -0.3 is 10.2 Å². The Morgan fingerprint density at radius 3 is 2.57 bits per heavy atom. The van der Waals surface area contributed by atoms with Gasteiger partial charge in [0.25, 0.3) is 0 Å². The van der Waals surface area contributed by atoms with E-state index in [1.807, 2.05) is 13.0 Å². The van der Waals surface area contributed by atoms with E-state index in [0.717, 1.165) is 37.7 Å². The molecule has 23 heavy (non-hydrogen) atoms. The Morgan fingerprint density at radius 1 is 1.26 bits per heavy atom. The van der Waals surface area contributed by atoms with Gasteiger partial charge >= 0.3 is 5.97 Å². The molecule has 3 atom stereocenters. The maximum atomic E-state index is 11.9. The first kappa shape index (κ1) is 16.4. The number of hydrogen-bond acceptors (Lipinski definition) is 2. The molecule has 0 amide bonds. The van der Waals surface area contributed by atoms with Gasteiger partial charge in [-0.25, -0.2) is 0 Å². The number of rotatable bonds is 2. The number of benzene rings is 1. The van der Waals surface area contributed by atoms with Gasteiger partial charge in [0.2, 0.25) is 0 Å². The largest absolute Gasteiger partial charge is 0.508 e. The van der Waals surface area contributed by atoms with Gasteiger partial charge in [-0.05, 0) is 72.6 Å². The molecule has 2 N–H and O–H groups in total. The summed E-state index contributed by atoms with van der Waals surface area (Å²) in [6.07, 6.45) is 4.54. The lowest BCUT2D eigenvalue weighted by molar-refractivity contribution is -0.157. The monoisotopic (exact) mass is 316 g/mol. The Balaban J connectivity index is 2.13. The van der Waals surface area contributed by atoms with Gasteiger partial charge in [0, 0.05) is 0 Å². The molecule has 2 aliphatic rings. The molecule has 3 rings (SSSR count). The smallest absolute Gasteiger partial charge is 0.309 e. The summed E-state index contributed by atoms with van der Waals surface area (Å²) >= 11 is 0. The average molecular weight is 316 g/mol. The molecule has 2 aliphatic carbocycles. The normalized spacial score (nSPS) is 33.2. The van der Waals surface area contributed by atoms with Crippen LogP contribution in [0.25, 0.3) is 0 Å². The van der Waals surface area contributed by atoms with Crippen molar-refractivity contribution in [3.63, 3.8) is 0 Å². The molecule has 0 radical (unpaired) electrons. The highest BCUT2D eigenvalue weighted by atomic mass is 16.4. The zero-order chi connectivity index (χ0) is 17.0. The van der Waals surface area contributed by atoms with Crippen molar-refractivity contribution < 1.29 is 15.0 Å². The van der Waals surface area contributed by atoms with Crippen LogP contribution >= 0.6 is 0 Å². The predicted octanol–water partition coefficient (Wildman–Crippen LogP) is 4.61. The number of carboxylic acids is 1. The maximum absolute atomic E-state index is 11.9. The van der Waals surface area contributed by atoms with Crippen molar-refractivity contribution in [3.8, 4) is 5.75 Å². The number of fused-ring (bicyclic) bond motifs is 3. The summed E-state index contributed by atoms with van der Waals surface area (Å²) in [5.41, 5.74) is 2.69. The van der Waals surface area contributed by atoms with Gasteiger partial charge in [-0.2, -0.15) is 0 Å². The number of carboxylic acid groups (broad SMARTS) is 1. The quantitative estimate of drug-likeness (QED) is 0.837. The van der Waals surface area contributed by atoms with Gasteiger partial charge in [0.05, 0.1) is 5.41 Å². The first-order valence-corrected chi connectivity index (χ1v) is 8.80. The Bertz CT molecular complexity index is 649. The maximum Gasteiger partial charge on any atom is 0.309 e. The van der Waals surface area contributed by atoms with Crippen LogP contribution in [0.3, 0.4) is 0 Å². The second-order valence-corrected chi connectivity index (χ2v) is 8.31. The van der Waals surface area contributed by atoms with Crippen LogP contribution in [-0.2, 0) is 16.6 Å². The molecule has 0 aromatic heterocycles. The van der Waals surface area contributed by atoms with Crippen LogP contribution in [0, 0.1) is 11.3 Å². The summed E-state index contributed by atoms with van der Waals surface area (Å²) in [4.78, 5) is 11.9. The number of aryl methyl sites for hydroxylation is 1. The number of aromatic hydroxyl groups is 1. The van der Waals surface area contributed by atoms with Crippen LogP contribution < -0.4 is 0 Å². The van der Waals surface area contributed by atoms with Crippen LogP contribution in [0.2, 0.25) is 0 Å². The van der Waals surface area contributed by atoms with Gasteiger partial charge in [0.1, 0.15) is 5.75 Å². The molecule has 0 aliphatic heterocycles. The number of phenols is 1. The highest BCUT2D eigenvalue weighted by molar-refractivity contribution is 5.75. The lowest BCUT2D eigenvalue weighted by atomic mass is 9.49. The second-order valence-electron chi connectivity index (χ2n) is 8.31. The van der Waals surface area contributed by atoms with Crippen molar-refractivity contribution in [3.05, 3.63) is 28.8 Å².